The minimum absolute atomic E-state index is 0.0559. The molecule has 2 rings (SSSR count). The van der Waals surface area contributed by atoms with Crippen LogP contribution in [0.1, 0.15) is 42.5 Å². The maximum Gasteiger partial charge on any atom is 0.0544 e. The van der Waals surface area contributed by atoms with Gasteiger partial charge in [-0.3, -0.25) is 11.3 Å². The zero-order valence-corrected chi connectivity index (χ0v) is 11.4. The van der Waals surface area contributed by atoms with E-state index in [4.69, 9.17) is 5.84 Å². The normalized spacial score (nSPS) is 12.6. The van der Waals surface area contributed by atoms with Gasteiger partial charge in [0.15, 0.2) is 0 Å². The maximum absolute atomic E-state index is 5.63. The molecule has 0 fully saturated rings. The highest BCUT2D eigenvalue weighted by Crippen LogP contribution is 2.19. The minimum atomic E-state index is 0.0559. The Hall–Kier alpha value is -1.78. The first-order valence-corrected chi connectivity index (χ1v) is 6.52. The Morgan fingerprint density at radius 1 is 1.05 bits per heavy atom. The molecule has 0 aliphatic rings. The molecule has 4 nitrogen and oxygen atoms in total. The van der Waals surface area contributed by atoms with Crippen LogP contribution in [0.2, 0.25) is 0 Å². The number of nitrogens with one attached hydrogen (secondary N) is 1. The van der Waals surface area contributed by atoms with Gasteiger partial charge in [0.1, 0.15) is 0 Å². The van der Waals surface area contributed by atoms with Crippen molar-refractivity contribution in [2.24, 2.45) is 5.84 Å². The van der Waals surface area contributed by atoms with E-state index in [1.807, 2.05) is 6.07 Å². The van der Waals surface area contributed by atoms with E-state index in [9.17, 15) is 0 Å². The molecule has 4 heteroatoms. The van der Waals surface area contributed by atoms with Gasteiger partial charge in [-0.25, -0.2) is 0 Å². The van der Waals surface area contributed by atoms with Gasteiger partial charge in [-0.2, -0.15) is 10.2 Å². The molecule has 0 amide bonds. The molecule has 100 valence electrons. The summed E-state index contributed by atoms with van der Waals surface area (Å²) in [5.74, 6) is 6.19. The fraction of sp³-hybridized carbons (Fsp3) is 0.333. The number of benzene rings is 1. The lowest BCUT2D eigenvalue weighted by Crippen LogP contribution is -2.29. The minimum Gasteiger partial charge on any atom is -0.271 e. The first-order valence-electron chi connectivity index (χ1n) is 6.52. The van der Waals surface area contributed by atoms with E-state index in [-0.39, 0.29) is 6.04 Å². The van der Waals surface area contributed by atoms with E-state index in [1.165, 1.54) is 11.1 Å². The standard InChI is InChI=1S/C15H20N4/c1-11(2)13-5-3-12(4-6-13)9-15(19-16)14-7-8-17-18-10-14/h3-8,10-11,15,19H,9,16H2,1-2H3. The predicted molar refractivity (Wildman–Crippen MR) is 76.3 cm³/mol. The summed E-state index contributed by atoms with van der Waals surface area (Å²) < 4.78 is 0. The summed E-state index contributed by atoms with van der Waals surface area (Å²) in [6.45, 7) is 4.39. The lowest BCUT2D eigenvalue weighted by atomic mass is 9.97. The third-order valence-corrected chi connectivity index (χ3v) is 3.30. The second kappa shape index (κ2) is 6.41. The second-order valence-corrected chi connectivity index (χ2v) is 5.00. The van der Waals surface area contributed by atoms with Crippen LogP contribution in [0.15, 0.2) is 42.7 Å². The van der Waals surface area contributed by atoms with Gasteiger partial charge in [0, 0.05) is 6.20 Å². The molecule has 0 saturated carbocycles. The highest BCUT2D eigenvalue weighted by molar-refractivity contribution is 5.26. The SMILES string of the molecule is CC(C)c1ccc(CC(NN)c2ccnnc2)cc1. The van der Waals surface area contributed by atoms with Gasteiger partial charge in [-0.1, -0.05) is 38.1 Å². The number of hydrogen-bond acceptors (Lipinski definition) is 4. The number of nitrogens with zero attached hydrogens (tertiary/aromatic N) is 2. The molecule has 1 atom stereocenters. The predicted octanol–water partition coefficient (Wildman–Crippen LogP) is 2.35. The Morgan fingerprint density at radius 3 is 2.32 bits per heavy atom. The molecule has 0 radical (unpaired) electrons. The van der Waals surface area contributed by atoms with Gasteiger partial charge in [0.05, 0.1) is 12.2 Å². The molecule has 0 aliphatic carbocycles. The van der Waals surface area contributed by atoms with Crippen LogP contribution >= 0.6 is 0 Å². The number of aromatic nitrogens is 2. The third kappa shape index (κ3) is 3.59. The van der Waals surface area contributed by atoms with Crippen molar-refractivity contribution >= 4 is 0 Å². The van der Waals surface area contributed by atoms with Crippen molar-refractivity contribution in [3.05, 3.63) is 59.4 Å². The molecule has 19 heavy (non-hydrogen) atoms. The van der Waals surface area contributed by atoms with Crippen molar-refractivity contribution in [2.75, 3.05) is 0 Å². The van der Waals surface area contributed by atoms with Gasteiger partial charge in [-0.05, 0) is 35.1 Å². The number of rotatable bonds is 5. The molecular weight excluding hydrogens is 236 g/mol. The van der Waals surface area contributed by atoms with Crippen molar-refractivity contribution in [3.63, 3.8) is 0 Å². The Balaban J connectivity index is 2.10. The highest BCUT2D eigenvalue weighted by Gasteiger charge is 2.11. The third-order valence-electron chi connectivity index (χ3n) is 3.30. The van der Waals surface area contributed by atoms with Crippen LogP contribution in [0.5, 0.6) is 0 Å². The number of hydrazine groups is 1. The lowest BCUT2D eigenvalue weighted by Gasteiger charge is -2.16. The average molecular weight is 256 g/mol. The fourth-order valence-corrected chi connectivity index (χ4v) is 2.05. The molecule has 0 spiro atoms. The average Bonchev–Trinajstić information content (AvgIpc) is 2.46. The molecule has 0 bridgehead atoms. The monoisotopic (exact) mass is 256 g/mol. The van der Waals surface area contributed by atoms with Crippen LogP contribution in [0, 0.1) is 0 Å². The van der Waals surface area contributed by atoms with Crippen molar-refractivity contribution < 1.29 is 0 Å². The Bertz CT molecular complexity index is 493. The van der Waals surface area contributed by atoms with Crippen LogP contribution in [0.3, 0.4) is 0 Å². The maximum atomic E-state index is 5.63. The van der Waals surface area contributed by atoms with E-state index in [1.54, 1.807) is 12.4 Å². The van der Waals surface area contributed by atoms with E-state index in [0.717, 1.165) is 12.0 Å². The van der Waals surface area contributed by atoms with Crippen LogP contribution in [-0.4, -0.2) is 10.2 Å². The topological polar surface area (TPSA) is 63.8 Å². The van der Waals surface area contributed by atoms with Gasteiger partial charge < -0.3 is 0 Å². The quantitative estimate of drug-likeness (QED) is 0.636. The van der Waals surface area contributed by atoms with Crippen LogP contribution in [0.25, 0.3) is 0 Å². The van der Waals surface area contributed by atoms with Crippen molar-refractivity contribution in [2.45, 2.75) is 32.2 Å². The Morgan fingerprint density at radius 2 is 1.79 bits per heavy atom. The van der Waals surface area contributed by atoms with Gasteiger partial charge >= 0.3 is 0 Å². The molecule has 1 aromatic heterocycles. The summed E-state index contributed by atoms with van der Waals surface area (Å²) in [6, 6.07) is 10.7. The molecule has 3 N–H and O–H groups in total. The summed E-state index contributed by atoms with van der Waals surface area (Å²) in [6.07, 6.45) is 4.26. The smallest absolute Gasteiger partial charge is 0.0544 e. The van der Waals surface area contributed by atoms with Crippen LogP contribution in [-0.2, 0) is 6.42 Å². The first-order chi connectivity index (χ1) is 9.20. The van der Waals surface area contributed by atoms with Crippen molar-refractivity contribution in [1.29, 1.82) is 0 Å². The Kier molecular flexibility index (Phi) is 4.60. The molecule has 0 aliphatic heterocycles. The number of hydrogen-bond donors (Lipinski definition) is 2. The summed E-state index contributed by atoms with van der Waals surface area (Å²) in [5.41, 5.74) is 6.49. The van der Waals surface area contributed by atoms with E-state index >= 15 is 0 Å². The highest BCUT2D eigenvalue weighted by atomic mass is 15.2. The van der Waals surface area contributed by atoms with Crippen LogP contribution < -0.4 is 11.3 Å². The zero-order valence-electron chi connectivity index (χ0n) is 11.4. The van der Waals surface area contributed by atoms with E-state index < -0.39 is 0 Å². The molecule has 1 aromatic carbocycles. The fourth-order valence-electron chi connectivity index (χ4n) is 2.05. The summed E-state index contributed by atoms with van der Waals surface area (Å²) in [4.78, 5) is 0. The molecule has 2 aromatic rings. The second-order valence-electron chi connectivity index (χ2n) is 5.00. The molecule has 0 saturated heterocycles. The van der Waals surface area contributed by atoms with Gasteiger partial charge in [-0.15, -0.1) is 0 Å². The van der Waals surface area contributed by atoms with Crippen molar-refractivity contribution in [3.8, 4) is 0 Å². The molecular formula is C15H20N4. The van der Waals surface area contributed by atoms with Gasteiger partial charge in [0.2, 0.25) is 0 Å². The lowest BCUT2D eigenvalue weighted by molar-refractivity contribution is 0.548. The number of nitrogens with two attached hydrogens (primary N) is 1. The summed E-state index contributed by atoms with van der Waals surface area (Å²) in [7, 11) is 0. The van der Waals surface area contributed by atoms with Crippen LogP contribution in [0.4, 0.5) is 0 Å². The summed E-state index contributed by atoms with van der Waals surface area (Å²) in [5, 5.41) is 7.67. The zero-order chi connectivity index (χ0) is 13.7. The Labute approximate surface area is 114 Å². The van der Waals surface area contributed by atoms with E-state index in [0.29, 0.717) is 5.92 Å². The largest absolute Gasteiger partial charge is 0.271 e. The molecule has 1 heterocycles. The first kappa shape index (κ1) is 13.6. The van der Waals surface area contributed by atoms with Gasteiger partial charge in [0.25, 0.3) is 0 Å². The van der Waals surface area contributed by atoms with Crippen molar-refractivity contribution in [1.82, 2.24) is 15.6 Å². The van der Waals surface area contributed by atoms with E-state index in [2.05, 4.69) is 53.7 Å². The molecule has 1 unspecified atom stereocenters. The summed E-state index contributed by atoms with van der Waals surface area (Å²) >= 11 is 0.